The minimum atomic E-state index is -4.49. The van der Waals surface area contributed by atoms with Crippen LogP contribution in [-0.4, -0.2) is 50.3 Å². The van der Waals surface area contributed by atoms with Crippen LogP contribution in [0.15, 0.2) is 29.4 Å². The van der Waals surface area contributed by atoms with Gasteiger partial charge in [0.2, 0.25) is 11.8 Å². The molecular weight excluding hydrogens is 431 g/mol. The predicted octanol–water partition coefficient (Wildman–Crippen LogP) is 3.60. The Kier molecular flexibility index (Phi) is 7.58. The van der Waals surface area contributed by atoms with E-state index < -0.39 is 17.6 Å². The summed E-state index contributed by atoms with van der Waals surface area (Å²) in [6, 6.07) is 4.46. The van der Waals surface area contributed by atoms with E-state index >= 15 is 0 Å². The molecule has 1 aliphatic rings. The van der Waals surface area contributed by atoms with Crippen molar-refractivity contribution in [1.29, 1.82) is 0 Å². The first kappa shape index (κ1) is 23.1. The van der Waals surface area contributed by atoms with Crippen molar-refractivity contribution in [3.63, 3.8) is 0 Å². The number of hydrogen-bond acceptors (Lipinski definition) is 5. The van der Waals surface area contributed by atoms with Crippen molar-refractivity contribution < 1.29 is 22.8 Å². The highest BCUT2D eigenvalue weighted by atomic mass is 32.2. The molecule has 0 aliphatic carbocycles. The Hall–Kier alpha value is -2.56. The van der Waals surface area contributed by atoms with Crippen molar-refractivity contribution in [1.82, 2.24) is 19.7 Å². The van der Waals surface area contributed by atoms with E-state index in [1.54, 1.807) is 4.57 Å². The van der Waals surface area contributed by atoms with Crippen LogP contribution in [0.5, 0.6) is 0 Å². The van der Waals surface area contributed by atoms with E-state index in [9.17, 15) is 22.8 Å². The molecule has 1 saturated heterocycles. The highest BCUT2D eigenvalue weighted by Gasteiger charge is 2.30. The highest BCUT2D eigenvalue weighted by Crippen LogP contribution is 2.30. The van der Waals surface area contributed by atoms with Gasteiger partial charge in [-0.25, -0.2) is 0 Å². The quantitative estimate of drug-likeness (QED) is 0.646. The van der Waals surface area contributed by atoms with Gasteiger partial charge in [0.25, 0.3) is 0 Å². The normalized spacial score (nSPS) is 14.5. The van der Waals surface area contributed by atoms with E-state index in [0.717, 1.165) is 44.5 Å². The number of nitrogens with one attached hydrogen (secondary N) is 1. The molecule has 0 unspecified atom stereocenters. The van der Waals surface area contributed by atoms with E-state index in [4.69, 9.17) is 0 Å². The lowest BCUT2D eigenvalue weighted by Crippen LogP contribution is -2.36. The number of likely N-dealkylation sites (tertiary alicyclic amines) is 1. The number of piperidine rings is 1. The first-order chi connectivity index (χ1) is 14.8. The van der Waals surface area contributed by atoms with E-state index in [2.05, 4.69) is 15.5 Å². The summed E-state index contributed by atoms with van der Waals surface area (Å²) in [6.45, 7) is 3.93. The van der Waals surface area contributed by atoms with Gasteiger partial charge < -0.3 is 14.8 Å². The fraction of sp³-hybridized carbons (Fsp3) is 0.500. The first-order valence-corrected chi connectivity index (χ1v) is 11.1. The third-order valence-electron chi connectivity index (χ3n) is 4.94. The van der Waals surface area contributed by atoms with Crippen LogP contribution in [0.1, 0.15) is 37.6 Å². The van der Waals surface area contributed by atoms with E-state index in [0.29, 0.717) is 17.5 Å². The zero-order chi connectivity index (χ0) is 22.4. The average molecular weight is 456 g/mol. The number of thioether (sulfide) groups is 1. The van der Waals surface area contributed by atoms with Crippen LogP contribution < -0.4 is 5.32 Å². The van der Waals surface area contributed by atoms with Crippen molar-refractivity contribution in [3.8, 4) is 0 Å². The number of benzene rings is 1. The molecule has 1 N–H and O–H groups in total. The molecule has 1 aromatic heterocycles. The lowest BCUT2D eigenvalue weighted by molar-refractivity contribution is -0.137. The van der Waals surface area contributed by atoms with Crippen LogP contribution in [0.2, 0.25) is 0 Å². The van der Waals surface area contributed by atoms with Crippen LogP contribution in [-0.2, 0) is 28.7 Å². The van der Waals surface area contributed by atoms with Crippen LogP contribution >= 0.6 is 11.8 Å². The van der Waals surface area contributed by atoms with E-state index in [1.165, 1.54) is 23.9 Å². The van der Waals surface area contributed by atoms with Gasteiger partial charge in [0.1, 0.15) is 5.82 Å². The average Bonchev–Trinajstić information content (AvgIpc) is 3.13. The summed E-state index contributed by atoms with van der Waals surface area (Å²) in [7, 11) is 0. The van der Waals surface area contributed by atoms with Gasteiger partial charge in [0.05, 0.1) is 17.7 Å². The zero-order valence-electron chi connectivity index (χ0n) is 17.1. The van der Waals surface area contributed by atoms with E-state index in [1.807, 2.05) is 11.8 Å². The summed E-state index contributed by atoms with van der Waals surface area (Å²) < 4.78 is 40.3. The van der Waals surface area contributed by atoms with Gasteiger partial charge in [-0.3, -0.25) is 9.59 Å². The minimum absolute atomic E-state index is 0.0548. The molecule has 0 radical (unpaired) electrons. The van der Waals surface area contributed by atoms with E-state index in [-0.39, 0.29) is 23.8 Å². The molecule has 3 rings (SSSR count). The smallest absolute Gasteiger partial charge is 0.342 e. The Balaban J connectivity index is 1.60. The summed E-state index contributed by atoms with van der Waals surface area (Å²) in [5.74, 6) is 0.190. The fourth-order valence-corrected chi connectivity index (χ4v) is 4.28. The predicted molar refractivity (Wildman–Crippen MR) is 111 cm³/mol. The number of carbonyl (C=O) groups excluding carboxylic acids is 2. The van der Waals surface area contributed by atoms with Crippen molar-refractivity contribution in [3.05, 3.63) is 35.7 Å². The third-order valence-corrected chi connectivity index (χ3v) is 5.89. The van der Waals surface area contributed by atoms with Gasteiger partial charge in [0.15, 0.2) is 5.16 Å². The van der Waals surface area contributed by atoms with Gasteiger partial charge in [-0.1, -0.05) is 17.8 Å². The molecule has 1 aromatic carbocycles. The molecule has 7 nitrogen and oxygen atoms in total. The Morgan fingerprint density at radius 3 is 2.58 bits per heavy atom. The number of halogens is 3. The second kappa shape index (κ2) is 10.2. The Morgan fingerprint density at radius 2 is 1.90 bits per heavy atom. The molecule has 168 valence electrons. The second-order valence-corrected chi connectivity index (χ2v) is 8.12. The van der Waals surface area contributed by atoms with Crippen LogP contribution in [0.3, 0.4) is 0 Å². The first-order valence-electron chi connectivity index (χ1n) is 10.1. The maximum absolute atomic E-state index is 12.8. The number of amides is 2. The van der Waals surface area contributed by atoms with Crippen molar-refractivity contribution in [2.24, 2.45) is 0 Å². The zero-order valence-corrected chi connectivity index (χ0v) is 17.9. The van der Waals surface area contributed by atoms with Gasteiger partial charge in [-0.2, -0.15) is 13.2 Å². The van der Waals surface area contributed by atoms with Gasteiger partial charge in [0, 0.05) is 25.3 Å². The number of hydrogen-bond donors (Lipinski definition) is 1. The largest absolute Gasteiger partial charge is 0.416 e. The topological polar surface area (TPSA) is 80.1 Å². The molecule has 0 spiro atoms. The number of carbonyl (C=O) groups is 2. The lowest BCUT2D eigenvalue weighted by Gasteiger charge is -2.26. The Morgan fingerprint density at radius 1 is 1.16 bits per heavy atom. The van der Waals surface area contributed by atoms with Gasteiger partial charge >= 0.3 is 6.18 Å². The fourth-order valence-electron chi connectivity index (χ4n) is 3.36. The number of anilines is 1. The summed E-state index contributed by atoms with van der Waals surface area (Å²) in [6.07, 6.45) is -1.44. The number of nitrogens with zero attached hydrogens (tertiary/aromatic N) is 4. The van der Waals surface area contributed by atoms with Crippen molar-refractivity contribution in [2.45, 2.75) is 50.5 Å². The van der Waals surface area contributed by atoms with Gasteiger partial charge in [-0.15, -0.1) is 10.2 Å². The molecule has 2 heterocycles. The number of alkyl halides is 3. The second-order valence-electron chi connectivity index (χ2n) is 7.18. The SMILES string of the molecule is CCn1c(CC(=O)Nc2cccc(C(F)(F)F)c2)nnc1SCC(=O)N1CCCCC1. The van der Waals surface area contributed by atoms with Crippen LogP contribution in [0.4, 0.5) is 18.9 Å². The van der Waals surface area contributed by atoms with Crippen molar-refractivity contribution >= 4 is 29.3 Å². The van der Waals surface area contributed by atoms with Gasteiger partial charge in [-0.05, 0) is 44.4 Å². The monoisotopic (exact) mass is 455 g/mol. The maximum atomic E-state index is 12.8. The van der Waals surface area contributed by atoms with Crippen LogP contribution in [0.25, 0.3) is 0 Å². The molecular formula is C20H24F3N5O2S. The molecule has 11 heteroatoms. The summed E-state index contributed by atoms with van der Waals surface area (Å²) >= 11 is 1.27. The number of aromatic nitrogens is 3. The molecule has 0 bridgehead atoms. The summed E-state index contributed by atoms with van der Waals surface area (Å²) in [5.41, 5.74) is -0.775. The van der Waals surface area contributed by atoms with Crippen molar-refractivity contribution in [2.75, 3.05) is 24.2 Å². The lowest BCUT2D eigenvalue weighted by atomic mass is 10.1. The molecule has 2 aromatic rings. The summed E-state index contributed by atoms with van der Waals surface area (Å²) in [4.78, 5) is 26.6. The molecule has 1 fully saturated rings. The number of rotatable bonds is 7. The summed E-state index contributed by atoms with van der Waals surface area (Å²) in [5, 5.41) is 11.1. The third kappa shape index (κ3) is 6.22. The Bertz CT molecular complexity index is 926. The standard InChI is InChI=1S/C20H24F3N5O2S/c1-2-28-16(12-17(29)24-15-8-6-7-14(11-15)20(21,22)23)25-26-19(28)31-13-18(30)27-9-4-3-5-10-27/h6-8,11H,2-5,9-10,12-13H2,1H3,(H,24,29). The Labute approximate surface area is 182 Å². The minimum Gasteiger partial charge on any atom is -0.342 e. The molecule has 1 aliphatic heterocycles. The molecule has 2 amide bonds. The van der Waals surface area contributed by atoms with Crippen LogP contribution in [0, 0.1) is 0 Å². The molecule has 0 saturated carbocycles. The maximum Gasteiger partial charge on any atom is 0.416 e. The molecule has 31 heavy (non-hydrogen) atoms. The molecule has 0 atom stereocenters. The highest BCUT2D eigenvalue weighted by molar-refractivity contribution is 7.99.